The number of furan rings is 1. The zero-order chi connectivity index (χ0) is 20.3. The van der Waals surface area contributed by atoms with Crippen LogP contribution in [0.3, 0.4) is 0 Å². The summed E-state index contributed by atoms with van der Waals surface area (Å²) in [6.45, 7) is 0. The van der Waals surface area contributed by atoms with Crippen molar-refractivity contribution >= 4 is 32.2 Å². The molecular formula is C20H15N3O4S2. The van der Waals surface area contributed by atoms with Crippen molar-refractivity contribution in [3.8, 4) is 11.3 Å². The molecule has 0 bridgehead atoms. The maximum Gasteiger partial charge on any atom is 0.293 e. The first-order chi connectivity index (χ1) is 14.0. The summed E-state index contributed by atoms with van der Waals surface area (Å²) in [6, 6.07) is 13.2. The molecule has 0 radical (unpaired) electrons. The summed E-state index contributed by atoms with van der Waals surface area (Å²) in [5, 5.41) is 4.84. The van der Waals surface area contributed by atoms with Gasteiger partial charge in [0.05, 0.1) is 22.6 Å². The smallest absolute Gasteiger partial charge is 0.293 e. The van der Waals surface area contributed by atoms with Crippen LogP contribution in [0.25, 0.3) is 11.3 Å². The molecule has 0 saturated carbocycles. The number of aromatic nitrogens is 2. The Morgan fingerprint density at radius 3 is 2.69 bits per heavy atom. The largest absolute Gasteiger partial charge is 0.459 e. The molecule has 3 aromatic heterocycles. The molecular weight excluding hydrogens is 410 g/mol. The maximum absolute atomic E-state index is 12.6. The van der Waals surface area contributed by atoms with Crippen molar-refractivity contribution in [1.29, 1.82) is 0 Å². The number of hydrogen-bond donors (Lipinski definition) is 1. The molecule has 0 aliphatic heterocycles. The third-order valence-electron chi connectivity index (χ3n) is 4.08. The van der Waals surface area contributed by atoms with Crippen molar-refractivity contribution < 1.29 is 17.6 Å². The van der Waals surface area contributed by atoms with Crippen LogP contribution in [0.4, 0.5) is 5.13 Å². The fraction of sp³-hybridized carbons (Fsp3) is 0.0500. The number of benzene rings is 1. The lowest BCUT2D eigenvalue weighted by Gasteiger charge is -2.05. The molecule has 1 amide bonds. The summed E-state index contributed by atoms with van der Waals surface area (Å²) in [7, 11) is -3.60. The minimum Gasteiger partial charge on any atom is -0.459 e. The van der Waals surface area contributed by atoms with Gasteiger partial charge in [0.1, 0.15) is 0 Å². The summed E-state index contributed by atoms with van der Waals surface area (Å²) < 4.78 is 30.5. The van der Waals surface area contributed by atoms with Crippen LogP contribution in [0.2, 0.25) is 0 Å². The Morgan fingerprint density at radius 2 is 1.93 bits per heavy atom. The monoisotopic (exact) mass is 425 g/mol. The van der Waals surface area contributed by atoms with Crippen LogP contribution in [0.15, 0.2) is 81.9 Å². The molecule has 0 unspecified atom stereocenters. The van der Waals surface area contributed by atoms with Gasteiger partial charge >= 0.3 is 0 Å². The molecule has 0 saturated heterocycles. The first-order valence-electron chi connectivity index (χ1n) is 8.54. The van der Waals surface area contributed by atoms with E-state index in [9.17, 15) is 13.2 Å². The Labute approximate surface area is 171 Å². The first-order valence-corrected chi connectivity index (χ1v) is 11.1. The van der Waals surface area contributed by atoms with Crippen molar-refractivity contribution in [3.05, 3.63) is 83.9 Å². The van der Waals surface area contributed by atoms with Crippen LogP contribution < -0.4 is 5.32 Å². The molecule has 9 heteroatoms. The van der Waals surface area contributed by atoms with Gasteiger partial charge in [-0.05, 0) is 30.3 Å². The molecule has 0 spiro atoms. The van der Waals surface area contributed by atoms with Crippen LogP contribution in [0.5, 0.6) is 0 Å². The number of nitrogens with one attached hydrogen (secondary N) is 1. The molecule has 1 aromatic carbocycles. The van der Waals surface area contributed by atoms with E-state index in [2.05, 4.69) is 15.3 Å². The number of rotatable bonds is 6. The molecule has 0 fully saturated rings. The van der Waals surface area contributed by atoms with Gasteiger partial charge in [0.25, 0.3) is 5.91 Å². The average Bonchev–Trinajstić information content (AvgIpc) is 3.39. The van der Waals surface area contributed by atoms with E-state index in [1.807, 2.05) is 6.07 Å². The number of pyridine rings is 1. The Bertz CT molecular complexity index is 1230. The van der Waals surface area contributed by atoms with E-state index in [-0.39, 0.29) is 22.0 Å². The van der Waals surface area contributed by atoms with E-state index in [4.69, 9.17) is 4.42 Å². The van der Waals surface area contributed by atoms with Crippen LogP contribution in [0.1, 0.15) is 16.1 Å². The highest BCUT2D eigenvalue weighted by molar-refractivity contribution is 7.90. The van der Waals surface area contributed by atoms with Gasteiger partial charge in [0.15, 0.2) is 20.7 Å². The summed E-state index contributed by atoms with van der Waals surface area (Å²) in [5.74, 6) is -0.947. The summed E-state index contributed by atoms with van der Waals surface area (Å²) >= 11 is 1.26. The van der Waals surface area contributed by atoms with E-state index in [1.165, 1.54) is 35.8 Å². The molecule has 3 heterocycles. The number of thiazole rings is 1. The highest BCUT2D eigenvalue weighted by atomic mass is 32.2. The van der Waals surface area contributed by atoms with Gasteiger partial charge in [-0.15, -0.1) is 11.3 Å². The van der Waals surface area contributed by atoms with Gasteiger partial charge in [0.2, 0.25) is 0 Å². The normalized spacial score (nSPS) is 11.3. The number of anilines is 1. The molecule has 0 aliphatic carbocycles. The number of carbonyl (C=O) groups excluding carboxylic acids is 1. The topological polar surface area (TPSA) is 102 Å². The second-order valence-electron chi connectivity index (χ2n) is 6.08. The Kier molecular flexibility index (Phi) is 5.24. The van der Waals surface area contributed by atoms with Gasteiger partial charge in [-0.1, -0.05) is 18.2 Å². The van der Waals surface area contributed by atoms with Gasteiger partial charge in [0, 0.05) is 28.9 Å². The first kappa shape index (κ1) is 19.0. The third kappa shape index (κ3) is 4.25. The van der Waals surface area contributed by atoms with Crippen molar-refractivity contribution in [2.24, 2.45) is 0 Å². The SMILES string of the molecule is O=C(Nc1nc(-c2cccnc2)cs1)c1occc1CS(=O)(=O)c1ccccc1. The molecule has 4 aromatic rings. The number of carbonyl (C=O) groups is 1. The number of nitrogens with zero attached hydrogens (tertiary/aromatic N) is 2. The summed E-state index contributed by atoms with van der Waals surface area (Å²) in [5.41, 5.74) is 1.80. The van der Waals surface area contributed by atoms with Crippen LogP contribution in [-0.4, -0.2) is 24.3 Å². The molecule has 0 atom stereocenters. The standard InChI is InChI=1S/C20H15N3O4S2/c24-19(23-20-22-17(12-28-20)14-5-4-9-21-11-14)18-15(8-10-27-18)13-29(25,26)16-6-2-1-3-7-16/h1-12H,13H2,(H,22,23,24). The highest BCUT2D eigenvalue weighted by Crippen LogP contribution is 2.25. The van der Waals surface area contributed by atoms with Crippen LogP contribution in [0, 0.1) is 0 Å². The lowest BCUT2D eigenvalue weighted by Crippen LogP contribution is -2.14. The van der Waals surface area contributed by atoms with E-state index < -0.39 is 15.7 Å². The fourth-order valence-corrected chi connectivity index (χ4v) is 4.79. The van der Waals surface area contributed by atoms with Crippen LogP contribution in [-0.2, 0) is 15.6 Å². The molecule has 1 N–H and O–H groups in total. The van der Waals surface area contributed by atoms with E-state index in [0.29, 0.717) is 10.8 Å². The van der Waals surface area contributed by atoms with Crippen molar-refractivity contribution in [3.63, 3.8) is 0 Å². The van der Waals surface area contributed by atoms with E-state index in [0.717, 1.165) is 5.56 Å². The molecule has 7 nitrogen and oxygen atoms in total. The highest BCUT2D eigenvalue weighted by Gasteiger charge is 2.23. The average molecular weight is 425 g/mol. The maximum atomic E-state index is 12.6. The quantitative estimate of drug-likeness (QED) is 0.500. The zero-order valence-corrected chi connectivity index (χ0v) is 16.6. The summed E-state index contributed by atoms with van der Waals surface area (Å²) in [4.78, 5) is 21.2. The molecule has 29 heavy (non-hydrogen) atoms. The minimum absolute atomic E-state index is 0.0531. The summed E-state index contributed by atoms with van der Waals surface area (Å²) in [6.07, 6.45) is 4.65. The lowest BCUT2D eigenvalue weighted by atomic mass is 10.2. The van der Waals surface area contributed by atoms with E-state index >= 15 is 0 Å². The lowest BCUT2D eigenvalue weighted by molar-refractivity contribution is 0.0996. The molecule has 146 valence electrons. The van der Waals surface area contributed by atoms with Crippen LogP contribution >= 0.6 is 11.3 Å². The van der Waals surface area contributed by atoms with Gasteiger partial charge < -0.3 is 4.42 Å². The third-order valence-corrected chi connectivity index (χ3v) is 6.52. The zero-order valence-electron chi connectivity index (χ0n) is 15.0. The van der Waals surface area contributed by atoms with E-state index in [1.54, 1.807) is 42.0 Å². The second-order valence-corrected chi connectivity index (χ2v) is 8.93. The number of sulfone groups is 1. The minimum atomic E-state index is -3.60. The Hall–Kier alpha value is -3.30. The Morgan fingerprint density at radius 1 is 1.10 bits per heavy atom. The number of hydrogen-bond acceptors (Lipinski definition) is 7. The van der Waals surface area contributed by atoms with Crippen molar-refractivity contribution in [2.75, 3.05) is 5.32 Å². The number of amides is 1. The molecule has 0 aliphatic rings. The van der Waals surface area contributed by atoms with Crippen molar-refractivity contribution in [1.82, 2.24) is 9.97 Å². The molecule has 4 rings (SSSR count). The van der Waals surface area contributed by atoms with Crippen molar-refractivity contribution in [2.45, 2.75) is 10.6 Å². The Balaban J connectivity index is 1.51. The van der Waals surface area contributed by atoms with Gasteiger partial charge in [-0.3, -0.25) is 15.1 Å². The fourth-order valence-electron chi connectivity index (χ4n) is 2.70. The van der Waals surface area contributed by atoms with Gasteiger partial charge in [-0.25, -0.2) is 13.4 Å². The predicted molar refractivity (Wildman–Crippen MR) is 109 cm³/mol. The second kappa shape index (κ2) is 7.98. The predicted octanol–water partition coefficient (Wildman–Crippen LogP) is 4.02. The van der Waals surface area contributed by atoms with Gasteiger partial charge in [-0.2, -0.15) is 0 Å².